The molecule has 72 valence electrons. The van der Waals surface area contributed by atoms with Gasteiger partial charge in [-0.05, 0) is 27.3 Å². The third-order valence-electron chi connectivity index (χ3n) is 2.27. The van der Waals surface area contributed by atoms with Gasteiger partial charge in [-0.1, -0.05) is 6.92 Å². The van der Waals surface area contributed by atoms with Crippen molar-refractivity contribution < 1.29 is 4.74 Å². The Labute approximate surface area is 74.9 Å². The molecule has 3 heteroatoms. The molecule has 1 heterocycles. The topological polar surface area (TPSA) is 33.3 Å². The lowest BCUT2D eigenvalue weighted by atomic mass is 10.1. The quantitative estimate of drug-likeness (QED) is 0.658. The number of ether oxygens (including phenoxy) is 1. The highest BCUT2D eigenvalue weighted by atomic mass is 16.5. The van der Waals surface area contributed by atoms with E-state index in [1.165, 1.54) is 0 Å². The van der Waals surface area contributed by atoms with E-state index in [4.69, 9.17) is 4.74 Å². The second-order valence-corrected chi connectivity index (χ2v) is 3.88. The largest absolute Gasteiger partial charge is 0.355 e. The Morgan fingerprint density at radius 2 is 2.17 bits per heavy atom. The van der Waals surface area contributed by atoms with Crippen molar-refractivity contribution in [3.63, 3.8) is 0 Å². The lowest BCUT2D eigenvalue weighted by molar-refractivity contribution is -0.0234. The average molecular weight is 172 g/mol. The van der Waals surface area contributed by atoms with Crippen LogP contribution in [0.1, 0.15) is 27.2 Å². The molecule has 1 aliphatic rings. The fourth-order valence-corrected chi connectivity index (χ4v) is 1.78. The molecule has 3 nitrogen and oxygen atoms in total. The average Bonchev–Trinajstić information content (AvgIpc) is 2.26. The van der Waals surface area contributed by atoms with Crippen LogP contribution < -0.4 is 10.6 Å². The third-order valence-corrected chi connectivity index (χ3v) is 2.27. The van der Waals surface area contributed by atoms with Gasteiger partial charge in [0.05, 0.1) is 6.10 Å². The molecule has 2 unspecified atom stereocenters. The predicted molar refractivity (Wildman–Crippen MR) is 50.1 cm³/mol. The predicted octanol–water partition coefficient (Wildman–Crippen LogP) is 0.709. The Morgan fingerprint density at radius 3 is 2.67 bits per heavy atom. The summed E-state index contributed by atoms with van der Waals surface area (Å²) in [6.07, 6.45) is 1.44. The summed E-state index contributed by atoms with van der Waals surface area (Å²) in [5.41, 5.74) is -0.151. The van der Waals surface area contributed by atoms with Crippen LogP contribution in [0.2, 0.25) is 0 Å². The molecule has 2 atom stereocenters. The lowest BCUT2D eigenvalue weighted by Gasteiger charge is -2.18. The molecule has 0 aromatic carbocycles. The van der Waals surface area contributed by atoms with Crippen LogP contribution in [-0.2, 0) is 4.74 Å². The molecular formula is C9H20N2O. The number of hydrogen-bond acceptors (Lipinski definition) is 3. The Balaban J connectivity index is 2.50. The molecule has 0 spiro atoms. The van der Waals surface area contributed by atoms with Crippen molar-refractivity contribution in [2.75, 3.05) is 13.6 Å². The maximum Gasteiger partial charge on any atom is 0.114 e. The molecule has 0 bridgehead atoms. The Kier molecular flexibility index (Phi) is 3.09. The highest BCUT2D eigenvalue weighted by molar-refractivity contribution is 4.89. The van der Waals surface area contributed by atoms with Crippen molar-refractivity contribution in [2.24, 2.45) is 0 Å². The molecule has 1 fully saturated rings. The van der Waals surface area contributed by atoms with Crippen molar-refractivity contribution in [3.8, 4) is 0 Å². The van der Waals surface area contributed by atoms with E-state index in [-0.39, 0.29) is 5.72 Å². The van der Waals surface area contributed by atoms with E-state index in [0.717, 1.165) is 13.0 Å². The molecule has 0 radical (unpaired) electrons. The molecule has 1 saturated heterocycles. The highest BCUT2D eigenvalue weighted by Crippen LogP contribution is 2.22. The van der Waals surface area contributed by atoms with Gasteiger partial charge in [0.25, 0.3) is 0 Å². The van der Waals surface area contributed by atoms with Crippen LogP contribution in [0.25, 0.3) is 0 Å². The van der Waals surface area contributed by atoms with Crippen LogP contribution in [0.15, 0.2) is 0 Å². The SMILES string of the molecule is CCC1NC(C)(C)OC1CNC. The van der Waals surface area contributed by atoms with Crippen LogP contribution in [0.4, 0.5) is 0 Å². The fourth-order valence-electron chi connectivity index (χ4n) is 1.78. The van der Waals surface area contributed by atoms with Crippen molar-refractivity contribution in [1.29, 1.82) is 0 Å². The summed E-state index contributed by atoms with van der Waals surface area (Å²) in [6, 6.07) is 0.493. The zero-order valence-corrected chi connectivity index (χ0v) is 8.48. The van der Waals surface area contributed by atoms with Crippen LogP contribution >= 0.6 is 0 Å². The molecule has 12 heavy (non-hydrogen) atoms. The monoisotopic (exact) mass is 172 g/mol. The van der Waals surface area contributed by atoms with E-state index in [2.05, 4.69) is 31.4 Å². The van der Waals surface area contributed by atoms with E-state index in [1.807, 2.05) is 7.05 Å². The standard InChI is InChI=1S/C9H20N2O/c1-5-7-8(6-10-4)12-9(2,3)11-7/h7-8,10-11H,5-6H2,1-4H3. The fraction of sp³-hybridized carbons (Fsp3) is 1.00. The van der Waals surface area contributed by atoms with Gasteiger partial charge < -0.3 is 10.1 Å². The Morgan fingerprint density at radius 1 is 1.50 bits per heavy atom. The molecule has 0 aromatic rings. The molecule has 1 aliphatic heterocycles. The van der Waals surface area contributed by atoms with E-state index in [9.17, 15) is 0 Å². The molecule has 0 aliphatic carbocycles. The third kappa shape index (κ3) is 2.19. The van der Waals surface area contributed by atoms with Crippen LogP contribution in [0.3, 0.4) is 0 Å². The van der Waals surface area contributed by atoms with Gasteiger partial charge in [-0.25, -0.2) is 0 Å². The van der Waals surface area contributed by atoms with Gasteiger partial charge in [-0.3, -0.25) is 5.32 Å². The minimum Gasteiger partial charge on any atom is -0.355 e. The molecule has 0 aromatic heterocycles. The first-order chi connectivity index (χ1) is 5.59. The number of likely N-dealkylation sites (N-methyl/N-ethyl adjacent to an activating group) is 1. The number of hydrogen-bond donors (Lipinski definition) is 2. The summed E-state index contributed by atoms with van der Waals surface area (Å²) in [6.45, 7) is 7.26. The summed E-state index contributed by atoms with van der Waals surface area (Å²) in [4.78, 5) is 0. The maximum atomic E-state index is 5.82. The Hall–Kier alpha value is -0.120. The van der Waals surface area contributed by atoms with Crippen LogP contribution in [0, 0.1) is 0 Å². The van der Waals surface area contributed by atoms with Crippen LogP contribution in [-0.4, -0.2) is 31.5 Å². The minimum atomic E-state index is -0.151. The van der Waals surface area contributed by atoms with Crippen molar-refractivity contribution >= 4 is 0 Å². The zero-order valence-electron chi connectivity index (χ0n) is 8.48. The molecule has 1 rings (SSSR count). The summed E-state index contributed by atoms with van der Waals surface area (Å²) < 4.78 is 5.82. The maximum absolute atomic E-state index is 5.82. The summed E-state index contributed by atoms with van der Waals surface area (Å²) >= 11 is 0. The van der Waals surface area contributed by atoms with Gasteiger partial charge in [0.1, 0.15) is 5.72 Å². The first-order valence-corrected chi connectivity index (χ1v) is 4.69. The summed E-state index contributed by atoms with van der Waals surface area (Å²) in [5.74, 6) is 0. The van der Waals surface area contributed by atoms with Crippen LogP contribution in [0.5, 0.6) is 0 Å². The highest BCUT2D eigenvalue weighted by Gasteiger charge is 2.37. The van der Waals surface area contributed by atoms with E-state index in [1.54, 1.807) is 0 Å². The molecule has 0 amide bonds. The summed E-state index contributed by atoms with van der Waals surface area (Å²) in [5, 5.41) is 6.60. The lowest BCUT2D eigenvalue weighted by Crippen LogP contribution is -2.39. The van der Waals surface area contributed by atoms with Gasteiger partial charge in [-0.2, -0.15) is 0 Å². The molecule has 2 N–H and O–H groups in total. The van der Waals surface area contributed by atoms with Gasteiger partial charge >= 0.3 is 0 Å². The van der Waals surface area contributed by atoms with Crippen molar-refractivity contribution in [3.05, 3.63) is 0 Å². The van der Waals surface area contributed by atoms with E-state index < -0.39 is 0 Å². The molecule has 0 saturated carbocycles. The van der Waals surface area contributed by atoms with Gasteiger partial charge in [0, 0.05) is 12.6 Å². The van der Waals surface area contributed by atoms with Gasteiger partial charge in [-0.15, -0.1) is 0 Å². The second-order valence-electron chi connectivity index (χ2n) is 3.88. The Bertz CT molecular complexity index is 147. The smallest absolute Gasteiger partial charge is 0.114 e. The normalized spacial score (nSPS) is 34.0. The minimum absolute atomic E-state index is 0.151. The van der Waals surface area contributed by atoms with Gasteiger partial charge in [0.2, 0.25) is 0 Å². The number of nitrogens with one attached hydrogen (secondary N) is 2. The van der Waals surface area contributed by atoms with Crippen molar-refractivity contribution in [1.82, 2.24) is 10.6 Å². The second kappa shape index (κ2) is 3.73. The van der Waals surface area contributed by atoms with E-state index in [0.29, 0.717) is 12.1 Å². The van der Waals surface area contributed by atoms with Crippen molar-refractivity contribution in [2.45, 2.75) is 45.1 Å². The van der Waals surface area contributed by atoms with E-state index >= 15 is 0 Å². The first-order valence-electron chi connectivity index (χ1n) is 4.69. The first kappa shape index (κ1) is 9.96. The zero-order chi connectivity index (χ0) is 9.19. The summed E-state index contributed by atoms with van der Waals surface area (Å²) in [7, 11) is 1.96. The number of rotatable bonds is 3. The van der Waals surface area contributed by atoms with Gasteiger partial charge in [0.15, 0.2) is 0 Å². The molecular weight excluding hydrogens is 152 g/mol.